The predicted molar refractivity (Wildman–Crippen MR) is 52.4 cm³/mol. The smallest absolute Gasteiger partial charge is 0.341 e. The first kappa shape index (κ1) is 18.2. The molecule has 1 aromatic heterocycles. The molecule has 1 rings (SSSR count). The van der Waals surface area contributed by atoms with E-state index in [1.807, 2.05) is 17.8 Å². The highest BCUT2D eigenvalue weighted by Gasteiger charge is 2.51. The van der Waals surface area contributed by atoms with Crippen molar-refractivity contribution < 1.29 is 39.6 Å². The van der Waals surface area contributed by atoms with Gasteiger partial charge in [-0.3, -0.25) is 4.79 Å². The zero-order valence-corrected chi connectivity index (χ0v) is 10.3. The number of hydrogen-bond acceptors (Lipinski definition) is 4. The van der Waals surface area contributed by atoms with Crippen molar-refractivity contribution in [2.75, 3.05) is 0 Å². The molecule has 0 saturated carbocycles. The Balaban J connectivity index is 0.000000493. The molecule has 0 aliphatic heterocycles. The van der Waals surface area contributed by atoms with Crippen molar-refractivity contribution in [3.63, 3.8) is 0 Å². The van der Waals surface area contributed by atoms with Crippen LogP contribution < -0.4 is 4.72 Å². The van der Waals surface area contributed by atoms with Gasteiger partial charge in [-0.2, -0.15) is 34.8 Å². The number of rotatable bonds is 1. The monoisotopic (exact) mass is 327 g/mol. The molecule has 0 fully saturated rings. The molecular weight excluding hydrogens is 320 g/mol. The van der Waals surface area contributed by atoms with Gasteiger partial charge in [0.05, 0.1) is 6.33 Å². The molecule has 13 heteroatoms. The highest BCUT2D eigenvalue weighted by molar-refractivity contribution is 7.90. The third kappa shape index (κ3) is 5.90. The summed E-state index contributed by atoms with van der Waals surface area (Å²) < 4.78 is 89.8. The minimum Gasteiger partial charge on any atom is -0.341 e. The Morgan fingerprint density at radius 1 is 1.20 bits per heavy atom. The first-order chi connectivity index (χ1) is 8.77. The van der Waals surface area contributed by atoms with Gasteiger partial charge < -0.3 is 4.57 Å². The van der Waals surface area contributed by atoms with Crippen molar-refractivity contribution in [1.82, 2.24) is 14.3 Å². The quantitative estimate of drug-likeness (QED) is 0.778. The molecule has 6 nitrogen and oxygen atoms in total. The topological polar surface area (TPSA) is 81.1 Å². The van der Waals surface area contributed by atoms with Gasteiger partial charge in [-0.15, -0.1) is 0 Å². The number of imidazole rings is 1. The normalized spacial score (nSPS) is 12.3. The summed E-state index contributed by atoms with van der Waals surface area (Å²) in [6.07, 6.45) is -0.307. The minimum atomic E-state index is -6.30. The molecule has 0 atom stereocenters. The molecule has 0 radical (unpaired) electrons. The standard InChI is InChI=1S/C4H6N2.C3HF6NO3S/c1-6-3-2-5-4-6;4-2(5,6)1(11)10-14(12,13)3(7,8)9/h2-4H,1H3;(H,10,11). The summed E-state index contributed by atoms with van der Waals surface area (Å²) in [4.78, 5) is 13.6. The summed E-state index contributed by atoms with van der Waals surface area (Å²) in [7, 11) is -4.36. The Bertz CT molecular complexity index is 533. The zero-order chi connectivity index (χ0) is 16.2. The van der Waals surface area contributed by atoms with Crippen molar-refractivity contribution >= 4 is 15.9 Å². The van der Waals surface area contributed by atoms with Crippen molar-refractivity contribution in [2.24, 2.45) is 7.05 Å². The fraction of sp³-hybridized carbons (Fsp3) is 0.429. The van der Waals surface area contributed by atoms with E-state index in [0.717, 1.165) is 0 Å². The lowest BCUT2D eigenvalue weighted by molar-refractivity contribution is -0.171. The van der Waals surface area contributed by atoms with Crippen molar-refractivity contribution in [3.8, 4) is 0 Å². The van der Waals surface area contributed by atoms with E-state index in [2.05, 4.69) is 4.98 Å². The van der Waals surface area contributed by atoms with Crippen LogP contribution >= 0.6 is 0 Å². The number of carbonyl (C=O) groups excluding carboxylic acids is 1. The van der Waals surface area contributed by atoms with E-state index in [1.54, 1.807) is 12.5 Å². The molecule has 1 aromatic rings. The van der Waals surface area contributed by atoms with Crippen LogP contribution in [0.1, 0.15) is 0 Å². The zero-order valence-electron chi connectivity index (χ0n) is 9.53. The number of nitrogens with zero attached hydrogens (tertiary/aromatic N) is 2. The first-order valence-electron chi connectivity index (χ1n) is 4.39. The lowest BCUT2D eigenvalue weighted by atomic mass is 10.6. The van der Waals surface area contributed by atoms with Crippen molar-refractivity contribution in [1.29, 1.82) is 0 Å². The minimum absolute atomic E-state index is 0.181. The Morgan fingerprint density at radius 3 is 1.90 bits per heavy atom. The summed E-state index contributed by atoms with van der Waals surface area (Å²) in [6.45, 7) is 0. The fourth-order valence-electron chi connectivity index (χ4n) is 0.564. The third-order valence-corrected chi connectivity index (χ3v) is 2.49. The Morgan fingerprint density at radius 2 is 1.70 bits per heavy atom. The van der Waals surface area contributed by atoms with E-state index in [4.69, 9.17) is 0 Å². The van der Waals surface area contributed by atoms with Gasteiger partial charge >= 0.3 is 27.6 Å². The van der Waals surface area contributed by atoms with Gasteiger partial charge in [-0.1, -0.05) is 0 Å². The van der Waals surface area contributed by atoms with Crippen LogP contribution in [0.25, 0.3) is 0 Å². The van der Waals surface area contributed by atoms with Crippen LogP contribution in [0.4, 0.5) is 26.3 Å². The summed E-state index contributed by atoms with van der Waals surface area (Å²) in [6, 6.07) is 0. The van der Waals surface area contributed by atoms with Gasteiger partial charge in [0.15, 0.2) is 0 Å². The number of aryl methyl sites for hydroxylation is 1. The summed E-state index contributed by atoms with van der Waals surface area (Å²) in [5.41, 5.74) is -5.96. The van der Waals surface area contributed by atoms with Gasteiger partial charge in [0, 0.05) is 19.4 Å². The van der Waals surface area contributed by atoms with Crippen molar-refractivity contribution in [2.45, 2.75) is 11.7 Å². The van der Waals surface area contributed by atoms with Crippen LogP contribution in [-0.2, 0) is 21.9 Å². The molecule has 1 N–H and O–H groups in total. The molecule has 20 heavy (non-hydrogen) atoms. The maximum Gasteiger partial charge on any atom is 0.516 e. The molecule has 0 unspecified atom stereocenters. The molecule has 0 bridgehead atoms. The second-order valence-corrected chi connectivity index (χ2v) is 4.78. The number of alkyl halides is 6. The van der Waals surface area contributed by atoms with E-state index >= 15 is 0 Å². The van der Waals surface area contributed by atoms with Crippen LogP contribution in [0, 0.1) is 0 Å². The van der Waals surface area contributed by atoms with Crippen LogP contribution in [0.5, 0.6) is 0 Å². The number of amides is 1. The summed E-state index contributed by atoms with van der Waals surface area (Å²) in [5, 5.41) is 0. The van der Waals surface area contributed by atoms with Gasteiger partial charge in [-0.05, 0) is 0 Å². The van der Waals surface area contributed by atoms with Crippen LogP contribution in [0.15, 0.2) is 18.7 Å². The SMILES string of the molecule is Cn1ccnc1.O=C(NS(=O)(=O)C(F)(F)F)C(F)(F)F. The number of carbonyl (C=O) groups is 1. The summed E-state index contributed by atoms with van der Waals surface area (Å²) >= 11 is 0. The Labute approximate surface area is 108 Å². The van der Waals surface area contributed by atoms with Gasteiger partial charge in [0.1, 0.15) is 0 Å². The first-order valence-corrected chi connectivity index (χ1v) is 5.88. The average Bonchev–Trinajstić information content (AvgIpc) is 2.66. The molecule has 0 spiro atoms. The number of halogens is 6. The maximum absolute atomic E-state index is 11.4. The maximum atomic E-state index is 11.4. The average molecular weight is 327 g/mol. The number of sulfonamides is 1. The van der Waals surface area contributed by atoms with E-state index in [1.165, 1.54) is 0 Å². The number of nitrogens with one attached hydrogen (secondary N) is 1. The third-order valence-electron chi connectivity index (χ3n) is 1.43. The van der Waals surface area contributed by atoms with Crippen molar-refractivity contribution in [3.05, 3.63) is 18.7 Å². The molecule has 1 heterocycles. The van der Waals surface area contributed by atoms with E-state index in [9.17, 15) is 39.6 Å². The van der Waals surface area contributed by atoms with Crippen LogP contribution in [0.3, 0.4) is 0 Å². The van der Waals surface area contributed by atoms with Gasteiger partial charge in [0.2, 0.25) is 0 Å². The number of hydrogen-bond donors (Lipinski definition) is 1. The van der Waals surface area contributed by atoms with E-state index < -0.39 is 27.6 Å². The number of aromatic nitrogens is 2. The molecular formula is C7H7F6N3O3S. The van der Waals surface area contributed by atoms with Gasteiger partial charge in [0.25, 0.3) is 0 Å². The molecule has 1 amide bonds. The fourth-order valence-corrected chi connectivity index (χ4v) is 1.04. The molecule has 0 saturated heterocycles. The highest BCUT2D eigenvalue weighted by Crippen LogP contribution is 2.23. The Hall–Kier alpha value is -1.79. The molecule has 0 aliphatic carbocycles. The molecule has 0 aromatic carbocycles. The molecule has 116 valence electrons. The predicted octanol–water partition coefficient (Wildman–Crippen LogP) is 0.935. The lowest BCUT2D eigenvalue weighted by Gasteiger charge is -2.10. The van der Waals surface area contributed by atoms with Crippen LogP contribution in [-0.4, -0.2) is 35.6 Å². The van der Waals surface area contributed by atoms with Gasteiger partial charge in [-0.25, -0.2) is 9.71 Å². The van der Waals surface area contributed by atoms with E-state index in [-0.39, 0.29) is 4.72 Å². The summed E-state index contributed by atoms with van der Waals surface area (Å²) in [5.74, 6) is -3.20. The van der Waals surface area contributed by atoms with Crippen LogP contribution in [0.2, 0.25) is 0 Å². The Kier molecular flexibility index (Phi) is 5.56. The molecule has 0 aliphatic rings. The van der Waals surface area contributed by atoms with E-state index in [0.29, 0.717) is 0 Å². The second-order valence-electron chi connectivity index (χ2n) is 3.11. The lowest BCUT2D eigenvalue weighted by Crippen LogP contribution is -2.46. The largest absolute Gasteiger partial charge is 0.516 e. The highest BCUT2D eigenvalue weighted by atomic mass is 32.2. The second kappa shape index (κ2) is 6.11.